The Balaban J connectivity index is 2.08. The first kappa shape index (κ1) is 21.2. The lowest BCUT2D eigenvalue weighted by molar-refractivity contribution is -0.123. The molecule has 1 unspecified atom stereocenters. The minimum atomic E-state index is -0.768. The highest BCUT2D eigenvalue weighted by Gasteiger charge is 2.23. The Morgan fingerprint density at radius 2 is 1.81 bits per heavy atom. The molecule has 2 N–H and O–H groups in total. The number of hydrogen-bond donors (Lipinski definition) is 2. The van der Waals surface area contributed by atoms with Gasteiger partial charge in [0, 0.05) is 17.1 Å². The summed E-state index contributed by atoms with van der Waals surface area (Å²) in [4.78, 5) is 25.1. The predicted molar refractivity (Wildman–Crippen MR) is 105 cm³/mol. The minimum Gasteiger partial charge on any atom is -0.350 e. The highest BCUT2D eigenvalue weighted by molar-refractivity contribution is 6.36. The van der Waals surface area contributed by atoms with Gasteiger partial charge in [0.25, 0.3) is 5.91 Å². The van der Waals surface area contributed by atoms with Crippen LogP contribution in [0.4, 0.5) is 4.39 Å². The van der Waals surface area contributed by atoms with Crippen LogP contribution >= 0.6 is 23.2 Å². The van der Waals surface area contributed by atoms with Crippen LogP contribution in [0.25, 0.3) is 0 Å². The summed E-state index contributed by atoms with van der Waals surface area (Å²) in [5.74, 6) is -1.08. The van der Waals surface area contributed by atoms with E-state index in [1.165, 1.54) is 18.2 Å². The molecule has 7 heteroatoms. The average Bonchev–Trinajstić information content (AvgIpc) is 2.59. The van der Waals surface area contributed by atoms with Gasteiger partial charge in [-0.3, -0.25) is 9.59 Å². The third-order valence-corrected chi connectivity index (χ3v) is 4.46. The topological polar surface area (TPSA) is 58.2 Å². The Labute approximate surface area is 168 Å². The average molecular weight is 411 g/mol. The van der Waals surface area contributed by atoms with E-state index >= 15 is 0 Å². The zero-order valence-corrected chi connectivity index (χ0v) is 16.6. The lowest BCUT2D eigenvalue weighted by Gasteiger charge is -2.20. The number of nitrogens with one attached hydrogen (secondary N) is 2. The molecule has 2 aromatic rings. The van der Waals surface area contributed by atoms with Crippen molar-refractivity contribution in [1.82, 2.24) is 10.6 Å². The van der Waals surface area contributed by atoms with Crippen LogP contribution in [0.5, 0.6) is 0 Å². The maximum absolute atomic E-state index is 13.7. The summed E-state index contributed by atoms with van der Waals surface area (Å²) >= 11 is 11.9. The second-order valence-corrected chi connectivity index (χ2v) is 7.43. The molecule has 0 radical (unpaired) electrons. The minimum absolute atomic E-state index is 0.0394. The van der Waals surface area contributed by atoms with E-state index in [-0.39, 0.29) is 29.0 Å². The third-order valence-electron chi connectivity index (χ3n) is 3.92. The van der Waals surface area contributed by atoms with Crippen LogP contribution in [0.1, 0.15) is 36.2 Å². The fourth-order valence-electron chi connectivity index (χ4n) is 2.56. The number of amides is 2. The summed E-state index contributed by atoms with van der Waals surface area (Å²) in [7, 11) is 0. The molecule has 27 heavy (non-hydrogen) atoms. The molecule has 0 saturated carbocycles. The zero-order valence-electron chi connectivity index (χ0n) is 15.1. The summed E-state index contributed by atoms with van der Waals surface area (Å²) in [5, 5.41) is 6.00. The highest BCUT2D eigenvalue weighted by atomic mass is 35.5. The second kappa shape index (κ2) is 9.72. The molecule has 0 spiro atoms. The first-order valence-electron chi connectivity index (χ1n) is 8.55. The fourth-order valence-corrected chi connectivity index (χ4v) is 3.05. The normalized spacial score (nSPS) is 11.9. The highest BCUT2D eigenvalue weighted by Crippen LogP contribution is 2.21. The van der Waals surface area contributed by atoms with Crippen LogP contribution in [0.3, 0.4) is 0 Å². The van der Waals surface area contributed by atoms with Crippen LogP contribution in [0, 0.1) is 11.7 Å². The van der Waals surface area contributed by atoms with E-state index in [4.69, 9.17) is 23.2 Å². The van der Waals surface area contributed by atoms with Crippen molar-refractivity contribution in [3.8, 4) is 0 Å². The molecule has 0 fully saturated rings. The summed E-state index contributed by atoms with van der Waals surface area (Å²) in [5.41, 5.74) is 0.609. The van der Waals surface area contributed by atoms with Crippen molar-refractivity contribution in [3.05, 3.63) is 69.5 Å². The van der Waals surface area contributed by atoms with Gasteiger partial charge in [0.2, 0.25) is 5.91 Å². The van der Waals surface area contributed by atoms with E-state index in [1.807, 2.05) is 13.8 Å². The molecule has 144 valence electrons. The van der Waals surface area contributed by atoms with Crippen molar-refractivity contribution < 1.29 is 14.0 Å². The largest absolute Gasteiger partial charge is 0.350 e. The molecule has 1 atom stereocenters. The predicted octanol–water partition coefficient (Wildman–Crippen LogP) is 4.59. The molecule has 0 saturated heterocycles. The van der Waals surface area contributed by atoms with E-state index < -0.39 is 17.8 Å². The molecule has 4 nitrogen and oxygen atoms in total. The van der Waals surface area contributed by atoms with Gasteiger partial charge in [0.15, 0.2) is 0 Å². The summed E-state index contributed by atoms with van der Waals surface area (Å²) < 4.78 is 13.7. The van der Waals surface area contributed by atoms with E-state index in [9.17, 15) is 14.0 Å². The van der Waals surface area contributed by atoms with Crippen LogP contribution in [0.15, 0.2) is 42.5 Å². The number of carbonyl (C=O) groups excluding carboxylic acids is 2. The van der Waals surface area contributed by atoms with E-state index in [1.54, 1.807) is 24.3 Å². The molecular formula is C20H21Cl2FN2O2. The molecule has 2 aromatic carbocycles. The smallest absolute Gasteiger partial charge is 0.253 e. The Morgan fingerprint density at radius 1 is 1.11 bits per heavy atom. The SMILES string of the molecule is CC(C)CC(NC(=O)c1ccc(Cl)cc1Cl)C(=O)NCc1ccccc1F. The fraction of sp³-hybridized carbons (Fsp3) is 0.300. The lowest BCUT2D eigenvalue weighted by atomic mass is 10.0. The van der Waals surface area contributed by atoms with Gasteiger partial charge in [-0.1, -0.05) is 55.2 Å². The Hall–Kier alpha value is -2.11. The molecule has 0 aliphatic heterocycles. The van der Waals surface area contributed by atoms with Crippen molar-refractivity contribution >= 4 is 35.0 Å². The molecule has 0 aromatic heterocycles. The van der Waals surface area contributed by atoms with Crippen molar-refractivity contribution in [2.24, 2.45) is 5.92 Å². The Bertz CT molecular complexity index is 827. The molecule has 0 bridgehead atoms. The number of carbonyl (C=O) groups is 2. The molecule has 2 amide bonds. The van der Waals surface area contributed by atoms with Crippen LogP contribution < -0.4 is 10.6 Å². The monoisotopic (exact) mass is 410 g/mol. The Kier molecular flexibility index (Phi) is 7.63. The molecular weight excluding hydrogens is 390 g/mol. The number of halogens is 3. The molecule has 2 rings (SSSR count). The molecule has 0 aliphatic carbocycles. The quantitative estimate of drug-likeness (QED) is 0.700. The van der Waals surface area contributed by atoms with Gasteiger partial charge >= 0.3 is 0 Å². The van der Waals surface area contributed by atoms with E-state index in [0.29, 0.717) is 17.0 Å². The second-order valence-electron chi connectivity index (χ2n) is 6.59. The van der Waals surface area contributed by atoms with Crippen molar-refractivity contribution in [3.63, 3.8) is 0 Å². The van der Waals surface area contributed by atoms with Crippen molar-refractivity contribution in [2.75, 3.05) is 0 Å². The standard InChI is InChI=1S/C20H21Cl2FN2O2/c1-12(2)9-18(20(27)24-11-13-5-3-4-6-17(13)23)25-19(26)15-8-7-14(21)10-16(15)22/h3-8,10,12,18H,9,11H2,1-2H3,(H,24,27)(H,25,26). The van der Waals surface area contributed by atoms with Crippen LogP contribution in [-0.2, 0) is 11.3 Å². The van der Waals surface area contributed by atoms with E-state index in [2.05, 4.69) is 10.6 Å². The Morgan fingerprint density at radius 3 is 2.44 bits per heavy atom. The number of rotatable bonds is 7. The lowest BCUT2D eigenvalue weighted by Crippen LogP contribution is -2.47. The van der Waals surface area contributed by atoms with Crippen molar-refractivity contribution in [2.45, 2.75) is 32.9 Å². The molecule has 0 aliphatic rings. The van der Waals surface area contributed by atoms with Crippen molar-refractivity contribution in [1.29, 1.82) is 0 Å². The number of benzene rings is 2. The van der Waals surface area contributed by atoms with Gasteiger partial charge in [0.05, 0.1) is 10.6 Å². The molecule has 0 heterocycles. The van der Waals surface area contributed by atoms with Gasteiger partial charge in [-0.15, -0.1) is 0 Å². The first-order valence-corrected chi connectivity index (χ1v) is 9.30. The van der Waals surface area contributed by atoms with Crippen LogP contribution in [0.2, 0.25) is 10.0 Å². The van der Waals surface area contributed by atoms with Gasteiger partial charge in [0.1, 0.15) is 11.9 Å². The van der Waals surface area contributed by atoms with Crippen LogP contribution in [-0.4, -0.2) is 17.9 Å². The third kappa shape index (κ3) is 6.22. The maximum atomic E-state index is 13.7. The van der Waals surface area contributed by atoms with E-state index in [0.717, 1.165) is 0 Å². The van der Waals surface area contributed by atoms with Gasteiger partial charge in [-0.2, -0.15) is 0 Å². The maximum Gasteiger partial charge on any atom is 0.253 e. The summed E-state index contributed by atoms with van der Waals surface area (Å²) in [6.07, 6.45) is 0.431. The first-order chi connectivity index (χ1) is 12.8. The zero-order chi connectivity index (χ0) is 20.0. The van der Waals surface area contributed by atoms with Gasteiger partial charge in [-0.25, -0.2) is 4.39 Å². The van der Waals surface area contributed by atoms with Gasteiger partial charge < -0.3 is 10.6 Å². The summed E-state index contributed by atoms with van der Waals surface area (Å²) in [6, 6.07) is 9.96. The number of hydrogen-bond acceptors (Lipinski definition) is 2. The van der Waals surface area contributed by atoms with Gasteiger partial charge in [-0.05, 0) is 36.6 Å². The summed E-state index contributed by atoms with van der Waals surface area (Å²) in [6.45, 7) is 3.93.